The molecule has 0 saturated heterocycles. The van der Waals surface area contributed by atoms with Gasteiger partial charge in [-0.25, -0.2) is 9.78 Å². The average molecular weight is 293 g/mol. The van der Waals surface area contributed by atoms with Crippen molar-refractivity contribution in [2.24, 2.45) is 5.92 Å². The maximum absolute atomic E-state index is 11.9. The summed E-state index contributed by atoms with van der Waals surface area (Å²) < 4.78 is 7.49. The van der Waals surface area contributed by atoms with Crippen molar-refractivity contribution in [1.82, 2.24) is 14.9 Å². The number of amides is 1. The van der Waals surface area contributed by atoms with Crippen LogP contribution in [0.1, 0.15) is 71.7 Å². The highest BCUT2D eigenvalue weighted by Crippen LogP contribution is 2.37. The first kappa shape index (κ1) is 15.9. The van der Waals surface area contributed by atoms with Crippen LogP contribution >= 0.6 is 0 Å². The molecule has 0 aromatic carbocycles. The largest absolute Gasteiger partial charge is 0.444 e. The van der Waals surface area contributed by atoms with E-state index in [0.29, 0.717) is 6.04 Å². The van der Waals surface area contributed by atoms with E-state index >= 15 is 0 Å². The number of nitrogens with zero attached hydrogens (tertiary/aromatic N) is 2. The number of carbonyl (C=O) groups excluding carboxylic acids is 1. The van der Waals surface area contributed by atoms with Crippen LogP contribution in [0.15, 0.2) is 12.5 Å². The Hall–Kier alpha value is -1.52. The van der Waals surface area contributed by atoms with Crippen LogP contribution in [0.2, 0.25) is 0 Å². The molecule has 0 radical (unpaired) electrons. The normalized spacial score (nSPS) is 18.7. The minimum Gasteiger partial charge on any atom is -0.444 e. The van der Waals surface area contributed by atoms with Crippen LogP contribution in [0, 0.1) is 5.92 Å². The van der Waals surface area contributed by atoms with Crippen molar-refractivity contribution in [3.05, 3.63) is 18.2 Å². The molecule has 1 aromatic heterocycles. The highest BCUT2D eigenvalue weighted by atomic mass is 16.6. The molecule has 1 amide bonds. The van der Waals surface area contributed by atoms with E-state index in [9.17, 15) is 4.79 Å². The van der Waals surface area contributed by atoms with Gasteiger partial charge in [-0.2, -0.15) is 0 Å². The van der Waals surface area contributed by atoms with Gasteiger partial charge >= 0.3 is 6.09 Å². The van der Waals surface area contributed by atoms with Crippen LogP contribution in [-0.4, -0.2) is 21.2 Å². The van der Waals surface area contributed by atoms with Gasteiger partial charge in [0.15, 0.2) is 0 Å². The average Bonchev–Trinajstić information content (AvgIpc) is 2.71. The molecule has 1 aromatic rings. The zero-order valence-electron chi connectivity index (χ0n) is 13.7. The summed E-state index contributed by atoms with van der Waals surface area (Å²) in [5.74, 6) is 0.728. The fourth-order valence-corrected chi connectivity index (χ4v) is 2.70. The van der Waals surface area contributed by atoms with E-state index < -0.39 is 5.60 Å². The number of hydrogen-bond acceptors (Lipinski definition) is 3. The van der Waals surface area contributed by atoms with Gasteiger partial charge in [-0.3, -0.25) is 0 Å². The topological polar surface area (TPSA) is 56.2 Å². The first-order valence-corrected chi connectivity index (χ1v) is 7.79. The molecule has 1 saturated carbocycles. The van der Waals surface area contributed by atoms with Gasteiger partial charge < -0.3 is 14.6 Å². The second-order valence-corrected chi connectivity index (χ2v) is 7.03. The van der Waals surface area contributed by atoms with Crippen LogP contribution in [0.25, 0.3) is 0 Å². The quantitative estimate of drug-likeness (QED) is 0.918. The molecule has 0 bridgehead atoms. The van der Waals surface area contributed by atoms with Crippen LogP contribution in [-0.2, 0) is 4.74 Å². The zero-order chi connectivity index (χ0) is 15.6. The maximum atomic E-state index is 11.9. The Morgan fingerprint density at radius 1 is 1.43 bits per heavy atom. The molecule has 1 aliphatic carbocycles. The second-order valence-electron chi connectivity index (χ2n) is 7.03. The Labute approximate surface area is 127 Å². The lowest BCUT2D eigenvalue weighted by molar-refractivity contribution is 0.0505. The van der Waals surface area contributed by atoms with E-state index in [-0.39, 0.29) is 12.1 Å². The third-order valence-electron chi connectivity index (χ3n) is 4.14. The number of alkyl carbamates (subject to hydrolysis) is 1. The lowest BCUT2D eigenvalue weighted by Crippen LogP contribution is -2.35. The Kier molecular flexibility index (Phi) is 4.59. The van der Waals surface area contributed by atoms with Gasteiger partial charge in [0.1, 0.15) is 5.60 Å². The highest BCUT2D eigenvalue weighted by molar-refractivity contribution is 5.68. The standard InChI is InChI=1S/C16H27N3O2/c1-11(18-15(20)21-16(3,4)5)14-9-17-10-19(14)12(2)13-7-6-8-13/h9-13H,6-8H2,1-5H3,(H,18,20)/t11-,12?/m0/s1. The molecule has 0 aliphatic heterocycles. The van der Waals surface area contributed by atoms with Crippen molar-refractivity contribution in [3.8, 4) is 0 Å². The first-order valence-electron chi connectivity index (χ1n) is 7.79. The lowest BCUT2D eigenvalue weighted by atomic mass is 9.80. The van der Waals surface area contributed by atoms with Crippen LogP contribution in [0.3, 0.4) is 0 Å². The number of nitrogens with one attached hydrogen (secondary N) is 1. The predicted octanol–water partition coefficient (Wildman–Crippen LogP) is 3.83. The number of ether oxygens (including phenoxy) is 1. The zero-order valence-corrected chi connectivity index (χ0v) is 13.7. The molecule has 1 fully saturated rings. The Morgan fingerprint density at radius 2 is 2.10 bits per heavy atom. The van der Waals surface area contributed by atoms with Crippen molar-refractivity contribution in [3.63, 3.8) is 0 Å². The van der Waals surface area contributed by atoms with Gasteiger partial charge in [-0.1, -0.05) is 6.42 Å². The molecule has 0 spiro atoms. The van der Waals surface area contributed by atoms with Crippen molar-refractivity contribution < 1.29 is 9.53 Å². The third-order valence-corrected chi connectivity index (χ3v) is 4.14. The minimum atomic E-state index is -0.483. The Bertz CT molecular complexity index is 486. The summed E-state index contributed by atoms with van der Waals surface area (Å²) in [6, 6.07) is 0.309. The summed E-state index contributed by atoms with van der Waals surface area (Å²) in [5.41, 5.74) is 0.545. The maximum Gasteiger partial charge on any atom is 0.408 e. The number of rotatable bonds is 4. The number of imidazole rings is 1. The summed E-state index contributed by atoms with van der Waals surface area (Å²) in [5, 5.41) is 2.89. The van der Waals surface area contributed by atoms with E-state index in [0.717, 1.165) is 11.6 Å². The Balaban J connectivity index is 2.01. The van der Waals surface area contributed by atoms with Gasteiger partial charge in [-0.05, 0) is 53.4 Å². The molecule has 21 heavy (non-hydrogen) atoms. The summed E-state index contributed by atoms with van der Waals surface area (Å²) in [6.45, 7) is 9.78. The van der Waals surface area contributed by atoms with E-state index in [1.165, 1.54) is 19.3 Å². The van der Waals surface area contributed by atoms with E-state index in [4.69, 9.17) is 4.74 Å². The SMILES string of the molecule is CC(C1CCC1)n1cncc1[C@H](C)NC(=O)OC(C)(C)C. The predicted molar refractivity (Wildman–Crippen MR) is 82.1 cm³/mol. The van der Waals surface area contributed by atoms with Crippen molar-refractivity contribution in [2.75, 3.05) is 0 Å². The smallest absolute Gasteiger partial charge is 0.408 e. The van der Waals surface area contributed by atoms with Crippen molar-refractivity contribution >= 4 is 6.09 Å². The molecule has 2 atom stereocenters. The Morgan fingerprint density at radius 3 is 2.62 bits per heavy atom. The van der Waals surface area contributed by atoms with Crippen LogP contribution < -0.4 is 5.32 Å². The van der Waals surface area contributed by atoms with E-state index in [1.807, 2.05) is 40.2 Å². The van der Waals surface area contributed by atoms with E-state index in [1.54, 1.807) is 0 Å². The molecule has 1 aliphatic rings. The molecule has 118 valence electrons. The van der Waals surface area contributed by atoms with Gasteiger partial charge in [-0.15, -0.1) is 0 Å². The van der Waals surface area contributed by atoms with Gasteiger partial charge in [0.25, 0.3) is 0 Å². The highest BCUT2D eigenvalue weighted by Gasteiger charge is 2.27. The molecule has 1 N–H and O–H groups in total. The number of hydrogen-bond donors (Lipinski definition) is 1. The molecule has 1 unspecified atom stereocenters. The van der Waals surface area contributed by atoms with Gasteiger partial charge in [0, 0.05) is 6.04 Å². The fraction of sp³-hybridized carbons (Fsp3) is 0.750. The lowest BCUT2D eigenvalue weighted by Gasteiger charge is -2.33. The van der Waals surface area contributed by atoms with Crippen LogP contribution in [0.4, 0.5) is 4.79 Å². The van der Waals surface area contributed by atoms with Gasteiger partial charge in [0.2, 0.25) is 0 Å². The van der Waals surface area contributed by atoms with Crippen molar-refractivity contribution in [2.45, 2.75) is 71.6 Å². The minimum absolute atomic E-state index is 0.120. The van der Waals surface area contributed by atoms with Crippen LogP contribution in [0.5, 0.6) is 0 Å². The number of carbonyl (C=O) groups is 1. The molecule has 5 heteroatoms. The molecule has 5 nitrogen and oxygen atoms in total. The summed E-state index contributed by atoms with van der Waals surface area (Å²) in [7, 11) is 0. The second kappa shape index (κ2) is 6.08. The summed E-state index contributed by atoms with van der Waals surface area (Å²) in [4.78, 5) is 16.1. The van der Waals surface area contributed by atoms with Gasteiger partial charge in [0.05, 0.1) is 24.3 Å². The molecular weight excluding hydrogens is 266 g/mol. The van der Waals surface area contributed by atoms with E-state index in [2.05, 4.69) is 21.8 Å². The third kappa shape index (κ3) is 3.99. The monoisotopic (exact) mass is 293 g/mol. The van der Waals surface area contributed by atoms with Crippen molar-refractivity contribution in [1.29, 1.82) is 0 Å². The fourth-order valence-electron chi connectivity index (χ4n) is 2.70. The summed E-state index contributed by atoms with van der Waals surface area (Å²) >= 11 is 0. The molecule has 2 rings (SSSR count). The summed E-state index contributed by atoms with van der Waals surface area (Å²) in [6.07, 6.45) is 7.20. The molecular formula is C16H27N3O2. The first-order chi connectivity index (χ1) is 9.78. The number of aromatic nitrogens is 2. The molecule has 1 heterocycles.